The van der Waals surface area contributed by atoms with Crippen molar-refractivity contribution in [1.29, 1.82) is 0 Å². The van der Waals surface area contributed by atoms with E-state index in [9.17, 15) is 14.4 Å². The summed E-state index contributed by atoms with van der Waals surface area (Å²) in [6.45, 7) is -0.663. The van der Waals surface area contributed by atoms with E-state index >= 15 is 8.78 Å². The number of benzene rings is 2. The molecule has 0 amide bonds. The number of aromatic nitrogens is 2. The number of nitrogens with two attached hydrogens (primary N) is 1. The topological polar surface area (TPSA) is 123 Å². The van der Waals surface area contributed by atoms with Crippen molar-refractivity contribution in [3.05, 3.63) is 94.5 Å². The van der Waals surface area contributed by atoms with Gasteiger partial charge in [-0.2, -0.15) is 13.8 Å². The van der Waals surface area contributed by atoms with Crippen molar-refractivity contribution in [2.24, 2.45) is 0 Å². The first-order valence-electron chi connectivity index (χ1n) is 10.1. The fraction of sp³-hybridized carbons (Fsp3) is 0.217. The standard InChI is InChI=1S/C23H19F2N3O6/c24-23(25)18(34-20(30)15-9-5-2-6-10-15)16(13-32-19(29)14-7-3-1-4-8-14)33-21(23)28-12-11-17(26)27-22(28)31/h1-12,16,18,21H,13H2,(H2,26,27,31)/t16-,18-,21-/m1/s1/i22+1,27+1,28+1. The fourth-order valence-electron chi connectivity index (χ4n) is 3.43. The molecule has 176 valence electrons. The van der Waals surface area contributed by atoms with Crippen LogP contribution in [-0.2, 0) is 14.2 Å². The van der Waals surface area contributed by atoms with Crippen molar-refractivity contribution in [3.8, 4) is 0 Å². The molecule has 3 aromatic rings. The van der Waals surface area contributed by atoms with Gasteiger partial charge in [-0.3, -0.25) is 4.57 Å². The molecular weight excluding hydrogens is 455 g/mol. The van der Waals surface area contributed by atoms with Crippen molar-refractivity contribution in [3.63, 3.8) is 0 Å². The number of anilines is 1. The molecule has 0 radical (unpaired) electrons. The number of alkyl halides is 2. The number of hydrogen-bond acceptors (Lipinski definition) is 8. The average molecular weight is 474 g/mol. The minimum Gasteiger partial charge on any atom is -0.459 e. The maximum Gasteiger partial charge on any atom is 0.351 e. The maximum atomic E-state index is 15.5. The van der Waals surface area contributed by atoms with Crippen LogP contribution in [-0.4, -0.2) is 46.2 Å². The lowest BCUT2D eigenvalue weighted by molar-refractivity contribution is -0.142. The summed E-state index contributed by atoms with van der Waals surface area (Å²) in [4.78, 5) is 40.5. The lowest BCUT2D eigenvalue weighted by Gasteiger charge is -2.24. The minimum atomic E-state index is -3.88. The molecular formula is C23H19F2N3O6. The molecule has 4 rings (SSSR count). The zero-order valence-electron chi connectivity index (χ0n) is 17.5. The number of rotatable bonds is 6. The molecule has 0 unspecified atom stereocenters. The third kappa shape index (κ3) is 4.64. The highest BCUT2D eigenvalue weighted by molar-refractivity contribution is 5.90. The molecule has 1 fully saturated rings. The fourth-order valence-corrected chi connectivity index (χ4v) is 3.43. The van der Waals surface area contributed by atoms with Gasteiger partial charge >= 0.3 is 23.6 Å². The largest absolute Gasteiger partial charge is 0.459 e. The summed E-state index contributed by atoms with van der Waals surface area (Å²) in [5, 5.41) is 0. The van der Waals surface area contributed by atoms with Crippen molar-refractivity contribution < 1.29 is 32.6 Å². The van der Waals surface area contributed by atoms with Crippen LogP contribution < -0.4 is 11.4 Å². The average Bonchev–Trinajstić information content (AvgIpc) is 3.08. The Hall–Kier alpha value is -4.12. The predicted octanol–water partition coefficient (Wildman–Crippen LogP) is 2.44. The van der Waals surface area contributed by atoms with E-state index in [1.54, 1.807) is 36.4 Å². The van der Waals surface area contributed by atoms with Crippen molar-refractivity contribution in [1.82, 2.24) is 9.55 Å². The number of ether oxygens (including phenoxy) is 3. The van der Waals surface area contributed by atoms with E-state index in [0.29, 0.717) is 4.57 Å². The molecule has 1 aromatic heterocycles. The summed E-state index contributed by atoms with van der Waals surface area (Å²) in [6, 6.07) is 16.6. The van der Waals surface area contributed by atoms with Crippen LogP contribution in [0.15, 0.2) is 77.7 Å². The van der Waals surface area contributed by atoms with E-state index < -0.39 is 48.6 Å². The Labute approximate surface area is 191 Å². The third-order valence-electron chi connectivity index (χ3n) is 5.09. The first-order valence-corrected chi connectivity index (χ1v) is 10.1. The molecule has 0 aliphatic carbocycles. The number of nitrogen functional groups attached to an aromatic ring is 1. The number of halogens is 2. The molecule has 1 aliphatic heterocycles. The Kier molecular flexibility index (Phi) is 6.37. The van der Waals surface area contributed by atoms with Gasteiger partial charge in [0.25, 0.3) is 0 Å². The molecule has 2 N–H and O–H groups in total. The first kappa shape index (κ1) is 23.1. The zero-order chi connectivity index (χ0) is 24.3. The summed E-state index contributed by atoms with van der Waals surface area (Å²) >= 11 is 0. The number of carbonyl (C=O) groups is 2. The van der Waals surface area contributed by atoms with Gasteiger partial charge in [0.1, 0.15) is 18.5 Å². The summed E-state index contributed by atoms with van der Waals surface area (Å²) in [5.74, 6) is -5.86. The molecule has 34 heavy (non-hydrogen) atoms. The quantitative estimate of drug-likeness (QED) is 0.541. The molecule has 2 aromatic carbocycles. The monoisotopic (exact) mass is 474 g/mol. The number of esters is 2. The predicted molar refractivity (Wildman–Crippen MR) is 114 cm³/mol. The van der Waals surface area contributed by atoms with Gasteiger partial charge in [0.2, 0.25) is 6.23 Å². The second-order valence-electron chi connectivity index (χ2n) is 7.40. The summed E-state index contributed by atoms with van der Waals surface area (Å²) in [6.07, 6.45) is -4.93. The van der Waals surface area contributed by atoms with Crippen LogP contribution in [0.4, 0.5) is 14.6 Å². The number of nitrogens with zero attached hydrogens (tertiary/aromatic N) is 2. The maximum absolute atomic E-state index is 15.5. The Morgan fingerprint density at radius 3 is 2.18 bits per heavy atom. The van der Waals surface area contributed by atoms with Gasteiger partial charge in [0.05, 0.1) is 11.1 Å². The van der Waals surface area contributed by atoms with Crippen LogP contribution in [0.25, 0.3) is 0 Å². The second kappa shape index (κ2) is 9.40. The normalized spacial score (nSPS) is 21.1. The van der Waals surface area contributed by atoms with Crippen molar-refractivity contribution >= 4 is 17.8 Å². The molecule has 0 bridgehead atoms. The minimum absolute atomic E-state index is 0.0353. The molecule has 3 atom stereocenters. The smallest absolute Gasteiger partial charge is 0.351 e. The van der Waals surface area contributed by atoms with Crippen LogP contribution in [0.3, 0.4) is 0 Å². The summed E-state index contributed by atoms with van der Waals surface area (Å²) in [7, 11) is 0. The lowest BCUT2D eigenvalue weighted by Crippen LogP contribution is -2.44. The third-order valence-corrected chi connectivity index (χ3v) is 5.09. The van der Waals surface area contributed by atoms with Gasteiger partial charge in [0, 0.05) is 6.20 Å². The highest BCUT2D eigenvalue weighted by Gasteiger charge is 2.62. The van der Waals surface area contributed by atoms with E-state index in [2.05, 4.69) is 4.98 Å². The molecule has 9 nitrogen and oxygen atoms in total. The van der Waals surface area contributed by atoms with Crippen LogP contribution in [0.5, 0.6) is 0 Å². The van der Waals surface area contributed by atoms with Gasteiger partial charge in [-0.1, -0.05) is 36.4 Å². The van der Waals surface area contributed by atoms with E-state index in [-0.39, 0.29) is 16.9 Å². The highest BCUT2D eigenvalue weighted by Crippen LogP contribution is 2.44. The number of hydrogen-bond donors (Lipinski definition) is 1. The van der Waals surface area contributed by atoms with Crippen LogP contribution in [0.2, 0.25) is 0 Å². The van der Waals surface area contributed by atoms with Crippen LogP contribution >= 0.6 is 0 Å². The summed E-state index contributed by atoms with van der Waals surface area (Å²) in [5.41, 5.74) is 4.58. The van der Waals surface area contributed by atoms with Crippen molar-refractivity contribution in [2.75, 3.05) is 12.3 Å². The molecule has 2 heterocycles. The van der Waals surface area contributed by atoms with Gasteiger partial charge < -0.3 is 19.9 Å². The SMILES string of the molecule is Nc1cc[15n]([C@@H]2O[C@H](COC(=O)c3ccccc3)[C@@H](OC(=O)c3ccccc3)C2(F)F)[13c](=O)[15n]1. The zero-order valence-corrected chi connectivity index (χ0v) is 17.5. The summed E-state index contributed by atoms with van der Waals surface area (Å²) < 4.78 is 47.1. The lowest BCUT2D eigenvalue weighted by atomic mass is 10.1. The Bertz CT molecular complexity index is 1240. The Morgan fingerprint density at radius 1 is 1.00 bits per heavy atom. The molecule has 1 aliphatic rings. The van der Waals surface area contributed by atoms with Gasteiger partial charge in [0.15, 0.2) is 6.10 Å². The van der Waals surface area contributed by atoms with Crippen molar-refractivity contribution in [2.45, 2.75) is 24.4 Å². The van der Waals surface area contributed by atoms with E-state index in [4.69, 9.17) is 19.9 Å². The highest BCUT2D eigenvalue weighted by atomic mass is 19.3. The molecule has 11 heteroatoms. The molecule has 0 saturated carbocycles. The van der Waals surface area contributed by atoms with Crippen LogP contribution in [0, 0.1) is 0 Å². The Balaban J connectivity index is 1.61. The Morgan fingerprint density at radius 2 is 1.59 bits per heavy atom. The first-order chi connectivity index (χ1) is 16.3. The van der Waals surface area contributed by atoms with Gasteiger partial charge in [-0.25, -0.2) is 14.4 Å². The van der Waals surface area contributed by atoms with E-state index in [0.717, 1.165) is 12.3 Å². The second-order valence-corrected chi connectivity index (χ2v) is 7.40. The number of carbonyl (C=O) groups excluding carboxylic acids is 2. The van der Waals surface area contributed by atoms with Crippen LogP contribution in [0.1, 0.15) is 26.9 Å². The van der Waals surface area contributed by atoms with Gasteiger partial charge in [-0.05, 0) is 30.3 Å². The van der Waals surface area contributed by atoms with E-state index in [1.807, 2.05) is 0 Å². The molecule has 0 spiro atoms. The molecule has 1 saturated heterocycles. The van der Waals surface area contributed by atoms with Gasteiger partial charge in [-0.15, -0.1) is 0 Å². The van der Waals surface area contributed by atoms with E-state index in [1.165, 1.54) is 24.3 Å².